The quantitative estimate of drug-likeness (QED) is 0.735. The van der Waals surface area contributed by atoms with E-state index in [0.717, 1.165) is 29.8 Å². The van der Waals surface area contributed by atoms with E-state index in [-0.39, 0.29) is 12.5 Å². The Hall–Kier alpha value is -1.46. The smallest absolute Gasteiger partial charge is 0.220 e. The highest BCUT2D eigenvalue weighted by molar-refractivity contribution is 7.18. The van der Waals surface area contributed by atoms with E-state index in [9.17, 15) is 4.79 Å². The molecular weight excluding hydrogens is 272 g/mol. The van der Waals surface area contributed by atoms with Crippen LogP contribution in [0.3, 0.4) is 0 Å². The summed E-state index contributed by atoms with van der Waals surface area (Å²) in [5.74, 6) is 0.0771. The number of aliphatic hydroxyl groups excluding tert-OH is 1. The van der Waals surface area contributed by atoms with Gasteiger partial charge in [-0.05, 0) is 31.4 Å². The van der Waals surface area contributed by atoms with E-state index >= 15 is 0 Å². The molecule has 0 aliphatic heterocycles. The molecule has 0 saturated carbocycles. The monoisotopic (exact) mass is 292 g/mol. The number of thiazole rings is 1. The van der Waals surface area contributed by atoms with Crippen LogP contribution in [0.15, 0.2) is 24.3 Å². The van der Waals surface area contributed by atoms with Crippen molar-refractivity contribution in [3.8, 4) is 0 Å². The second-order valence-electron chi connectivity index (χ2n) is 4.71. The van der Waals surface area contributed by atoms with Gasteiger partial charge in [0.05, 0.1) is 15.2 Å². The number of carbonyl (C=O) groups is 1. The maximum absolute atomic E-state index is 11.7. The van der Waals surface area contributed by atoms with E-state index in [1.165, 1.54) is 4.70 Å². The van der Waals surface area contributed by atoms with E-state index in [2.05, 4.69) is 16.4 Å². The molecule has 108 valence electrons. The number of hydrogen-bond donors (Lipinski definition) is 2. The minimum atomic E-state index is 0.0771. The van der Waals surface area contributed by atoms with E-state index in [1.54, 1.807) is 11.3 Å². The van der Waals surface area contributed by atoms with E-state index < -0.39 is 0 Å². The van der Waals surface area contributed by atoms with Gasteiger partial charge in [-0.15, -0.1) is 11.3 Å². The predicted molar refractivity (Wildman–Crippen MR) is 81.9 cm³/mol. The van der Waals surface area contributed by atoms with Gasteiger partial charge in [0.1, 0.15) is 0 Å². The number of hydrogen-bond acceptors (Lipinski definition) is 4. The van der Waals surface area contributed by atoms with Gasteiger partial charge in [0.15, 0.2) is 0 Å². The first-order valence-electron chi connectivity index (χ1n) is 7.01. The number of para-hydroxylation sites is 1. The summed E-state index contributed by atoms with van der Waals surface area (Å²) in [6, 6.07) is 8.03. The number of aryl methyl sites for hydroxylation is 1. The lowest BCUT2D eigenvalue weighted by Crippen LogP contribution is -2.24. The number of fused-ring (bicyclic) bond motifs is 1. The lowest BCUT2D eigenvalue weighted by atomic mass is 10.2. The van der Waals surface area contributed by atoms with Crippen LogP contribution in [0, 0.1) is 0 Å². The molecule has 0 spiro atoms. The van der Waals surface area contributed by atoms with Gasteiger partial charge >= 0.3 is 0 Å². The maximum Gasteiger partial charge on any atom is 0.220 e. The molecule has 4 nitrogen and oxygen atoms in total. The molecule has 0 aliphatic carbocycles. The van der Waals surface area contributed by atoms with Crippen molar-refractivity contribution in [2.45, 2.75) is 32.1 Å². The van der Waals surface area contributed by atoms with Crippen LogP contribution < -0.4 is 5.32 Å². The minimum absolute atomic E-state index is 0.0771. The van der Waals surface area contributed by atoms with Crippen molar-refractivity contribution in [2.24, 2.45) is 0 Å². The van der Waals surface area contributed by atoms with Crippen LogP contribution >= 0.6 is 11.3 Å². The fraction of sp³-hybridized carbons (Fsp3) is 0.467. The molecule has 1 aromatic carbocycles. The Morgan fingerprint density at radius 1 is 1.25 bits per heavy atom. The van der Waals surface area contributed by atoms with Crippen LogP contribution in [0.2, 0.25) is 0 Å². The lowest BCUT2D eigenvalue weighted by Gasteiger charge is -2.03. The second-order valence-corrected chi connectivity index (χ2v) is 5.82. The largest absolute Gasteiger partial charge is 0.396 e. The summed E-state index contributed by atoms with van der Waals surface area (Å²) < 4.78 is 1.17. The average Bonchev–Trinajstić information content (AvgIpc) is 2.88. The first-order chi connectivity index (χ1) is 9.79. The number of rotatable bonds is 8. The van der Waals surface area contributed by atoms with Crippen LogP contribution in [0.5, 0.6) is 0 Å². The third kappa shape index (κ3) is 4.58. The highest BCUT2D eigenvalue weighted by Gasteiger charge is 2.06. The predicted octanol–water partition coefficient (Wildman–Crippen LogP) is 2.51. The van der Waals surface area contributed by atoms with Gasteiger partial charge in [-0.1, -0.05) is 12.1 Å². The number of nitrogens with one attached hydrogen (secondary N) is 1. The number of nitrogens with zero attached hydrogens (tertiary/aromatic N) is 1. The van der Waals surface area contributed by atoms with Gasteiger partial charge in [0.2, 0.25) is 5.91 Å². The SMILES string of the molecule is O=C(CCc1nc2ccccc2s1)NCCCCCO. The summed E-state index contributed by atoms with van der Waals surface area (Å²) in [6.45, 7) is 0.921. The number of aromatic nitrogens is 1. The molecule has 20 heavy (non-hydrogen) atoms. The van der Waals surface area contributed by atoms with Crippen molar-refractivity contribution < 1.29 is 9.90 Å². The average molecular weight is 292 g/mol. The molecule has 0 saturated heterocycles. The Morgan fingerprint density at radius 3 is 2.90 bits per heavy atom. The molecule has 0 radical (unpaired) electrons. The van der Waals surface area contributed by atoms with Crippen molar-refractivity contribution in [1.29, 1.82) is 0 Å². The highest BCUT2D eigenvalue weighted by atomic mass is 32.1. The van der Waals surface area contributed by atoms with Gasteiger partial charge in [0, 0.05) is 26.0 Å². The van der Waals surface area contributed by atoms with Crippen molar-refractivity contribution >= 4 is 27.5 Å². The number of carbonyl (C=O) groups excluding carboxylic acids is 1. The molecule has 2 aromatic rings. The summed E-state index contributed by atoms with van der Waals surface area (Å²) in [6.07, 6.45) is 3.87. The minimum Gasteiger partial charge on any atom is -0.396 e. The molecule has 0 fully saturated rings. The standard InChI is InChI=1S/C15H20N2O2S/c18-11-5-1-4-10-16-14(19)8-9-15-17-12-6-2-3-7-13(12)20-15/h2-3,6-7,18H,1,4-5,8-11H2,(H,16,19). The Kier molecular flexibility index (Phi) is 5.95. The van der Waals surface area contributed by atoms with Crippen LogP contribution in [0.4, 0.5) is 0 Å². The molecule has 1 heterocycles. The van der Waals surface area contributed by atoms with E-state index in [4.69, 9.17) is 5.11 Å². The highest BCUT2D eigenvalue weighted by Crippen LogP contribution is 2.22. The fourth-order valence-electron chi connectivity index (χ4n) is 1.98. The van der Waals surface area contributed by atoms with Crippen LogP contribution in [-0.4, -0.2) is 29.1 Å². The van der Waals surface area contributed by atoms with Crippen LogP contribution in [0.25, 0.3) is 10.2 Å². The molecule has 0 bridgehead atoms. The van der Waals surface area contributed by atoms with Gasteiger partial charge in [-0.3, -0.25) is 4.79 Å². The lowest BCUT2D eigenvalue weighted by molar-refractivity contribution is -0.121. The summed E-state index contributed by atoms with van der Waals surface area (Å²) >= 11 is 1.66. The molecule has 0 aliphatic rings. The zero-order chi connectivity index (χ0) is 14.2. The van der Waals surface area contributed by atoms with E-state index in [0.29, 0.717) is 19.4 Å². The maximum atomic E-state index is 11.7. The normalized spacial score (nSPS) is 10.8. The Bertz CT molecular complexity index is 521. The first kappa shape index (κ1) is 14.9. The van der Waals surface area contributed by atoms with Gasteiger partial charge in [-0.2, -0.15) is 0 Å². The summed E-state index contributed by atoms with van der Waals surface area (Å²) in [4.78, 5) is 16.2. The molecule has 1 aromatic heterocycles. The second kappa shape index (κ2) is 7.97. The summed E-state index contributed by atoms with van der Waals surface area (Å²) in [5.41, 5.74) is 1.01. The molecule has 0 unspecified atom stereocenters. The van der Waals surface area contributed by atoms with Crippen molar-refractivity contribution in [2.75, 3.05) is 13.2 Å². The molecule has 2 N–H and O–H groups in total. The number of aliphatic hydroxyl groups is 1. The van der Waals surface area contributed by atoms with Gasteiger partial charge in [-0.25, -0.2) is 4.98 Å². The topological polar surface area (TPSA) is 62.2 Å². The van der Waals surface area contributed by atoms with Crippen LogP contribution in [-0.2, 0) is 11.2 Å². The molecular formula is C15H20N2O2S. The Balaban J connectivity index is 1.70. The molecule has 2 rings (SSSR count). The molecule has 0 atom stereocenters. The Labute approximate surface area is 122 Å². The van der Waals surface area contributed by atoms with Crippen molar-refractivity contribution in [3.63, 3.8) is 0 Å². The van der Waals surface area contributed by atoms with Crippen molar-refractivity contribution in [3.05, 3.63) is 29.3 Å². The number of amides is 1. The summed E-state index contributed by atoms with van der Waals surface area (Å²) in [5, 5.41) is 12.6. The van der Waals surface area contributed by atoms with Crippen molar-refractivity contribution in [1.82, 2.24) is 10.3 Å². The number of benzene rings is 1. The first-order valence-corrected chi connectivity index (χ1v) is 7.83. The number of unbranched alkanes of at least 4 members (excludes halogenated alkanes) is 2. The van der Waals surface area contributed by atoms with E-state index in [1.807, 2.05) is 18.2 Å². The third-order valence-electron chi connectivity index (χ3n) is 3.06. The summed E-state index contributed by atoms with van der Waals surface area (Å²) in [7, 11) is 0. The molecule has 1 amide bonds. The Morgan fingerprint density at radius 2 is 2.10 bits per heavy atom. The third-order valence-corrected chi connectivity index (χ3v) is 4.16. The molecule has 5 heteroatoms. The zero-order valence-corrected chi connectivity index (χ0v) is 12.3. The van der Waals surface area contributed by atoms with Gasteiger partial charge < -0.3 is 10.4 Å². The van der Waals surface area contributed by atoms with Crippen LogP contribution in [0.1, 0.15) is 30.7 Å². The van der Waals surface area contributed by atoms with Gasteiger partial charge in [0.25, 0.3) is 0 Å². The zero-order valence-electron chi connectivity index (χ0n) is 11.5. The fourth-order valence-corrected chi connectivity index (χ4v) is 2.94.